The Kier molecular flexibility index (Phi) is 4.67. The first-order chi connectivity index (χ1) is 13.2. The van der Waals surface area contributed by atoms with E-state index in [9.17, 15) is 9.59 Å². The third-order valence-electron chi connectivity index (χ3n) is 5.13. The molecule has 2 heterocycles. The highest BCUT2D eigenvalue weighted by molar-refractivity contribution is 6.01. The van der Waals surface area contributed by atoms with Gasteiger partial charge in [-0.05, 0) is 24.1 Å². The number of H-pyrrole nitrogens is 1. The molecule has 1 atom stereocenters. The maximum atomic E-state index is 13.0. The van der Waals surface area contributed by atoms with Gasteiger partial charge in [0.1, 0.15) is 0 Å². The normalized spacial score (nSPS) is 16.0. The van der Waals surface area contributed by atoms with Crippen molar-refractivity contribution in [2.24, 2.45) is 0 Å². The minimum atomic E-state index is -0.177. The van der Waals surface area contributed by atoms with Crippen LogP contribution >= 0.6 is 0 Å². The molecule has 0 fully saturated rings. The lowest BCUT2D eigenvalue weighted by Gasteiger charge is -2.25. The lowest BCUT2D eigenvalue weighted by molar-refractivity contribution is -0.121. The Balaban J connectivity index is 1.69. The molecule has 5 heteroatoms. The first-order valence-electron chi connectivity index (χ1n) is 9.43. The van der Waals surface area contributed by atoms with E-state index in [1.165, 1.54) is 0 Å². The zero-order valence-electron chi connectivity index (χ0n) is 15.4. The first-order valence-corrected chi connectivity index (χ1v) is 9.43. The number of hydrogen-bond donors (Lipinski definition) is 2. The summed E-state index contributed by atoms with van der Waals surface area (Å²) in [4.78, 5) is 30.3. The Labute approximate surface area is 158 Å². The van der Waals surface area contributed by atoms with Crippen LogP contribution in [0.25, 0.3) is 10.9 Å². The van der Waals surface area contributed by atoms with Crippen molar-refractivity contribution in [1.82, 2.24) is 15.2 Å². The van der Waals surface area contributed by atoms with Crippen LogP contribution in [0.4, 0.5) is 0 Å². The summed E-state index contributed by atoms with van der Waals surface area (Å²) in [5.74, 6) is -0.0255. The number of nitrogens with zero attached hydrogens (tertiary/aromatic N) is 1. The Bertz CT molecular complexity index is 992. The van der Waals surface area contributed by atoms with Crippen LogP contribution in [-0.4, -0.2) is 34.8 Å². The summed E-state index contributed by atoms with van der Waals surface area (Å²) in [6.45, 7) is 3.08. The van der Waals surface area contributed by atoms with Gasteiger partial charge >= 0.3 is 0 Å². The molecule has 0 aliphatic carbocycles. The lowest BCUT2D eigenvalue weighted by atomic mass is 9.97. The highest BCUT2D eigenvalue weighted by atomic mass is 16.2. The number of fused-ring (bicyclic) bond motifs is 2. The van der Waals surface area contributed by atoms with Gasteiger partial charge in [0.2, 0.25) is 5.91 Å². The average Bonchev–Trinajstić information content (AvgIpc) is 3.24. The highest BCUT2D eigenvalue weighted by Gasteiger charge is 2.38. The van der Waals surface area contributed by atoms with Gasteiger partial charge in [0, 0.05) is 47.7 Å². The van der Waals surface area contributed by atoms with Crippen LogP contribution in [0.3, 0.4) is 0 Å². The number of amides is 2. The van der Waals surface area contributed by atoms with Crippen molar-refractivity contribution in [1.29, 1.82) is 0 Å². The molecule has 138 valence electrons. The summed E-state index contributed by atoms with van der Waals surface area (Å²) in [7, 11) is 0. The number of rotatable bonds is 6. The molecular weight excluding hydrogens is 338 g/mol. The molecule has 3 aromatic rings. The van der Waals surface area contributed by atoms with Gasteiger partial charge in [0.05, 0.1) is 6.04 Å². The van der Waals surface area contributed by atoms with Crippen molar-refractivity contribution >= 4 is 22.7 Å². The van der Waals surface area contributed by atoms with Crippen LogP contribution in [0.2, 0.25) is 0 Å². The third kappa shape index (κ3) is 3.10. The van der Waals surface area contributed by atoms with Crippen LogP contribution in [0, 0.1) is 0 Å². The van der Waals surface area contributed by atoms with Crippen molar-refractivity contribution < 1.29 is 9.59 Å². The lowest BCUT2D eigenvalue weighted by Crippen LogP contribution is -2.34. The minimum Gasteiger partial charge on any atom is -0.361 e. The van der Waals surface area contributed by atoms with E-state index in [1.54, 1.807) is 0 Å². The first kappa shape index (κ1) is 17.3. The van der Waals surface area contributed by atoms with Crippen molar-refractivity contribution in [3.63, 3.8) is 0 Å². The Morgan fingerprint density at radius 2 is 1.89 bits per heavy atom. The molecule has 5 nitrogen and oxygen atoms in total. The SMILES string of the molecule is CCCNC(=O)CCN1C(=O)c2ccccc2[C@@H]1c1c[nH]c2ccccc12. The van der Waals surface area contributed by atoms with Gasteiger partial charge in [-0.15, -0.1) is 0 Å². The van der Waals surface area contributed by atoms with Crippen molar-refractivity contribution in [2.45, 2.75) is 25.8 Å². The van der Waals surface area contributed by atoms with Crippen LogP contribution in [0.1, 0.15) is 47.3 Å². The largest absolute Gasteiger partial charge is 0.361 e. The van der Waals surface area contributed by atoms with E-state index in [-0.39, 0.29) is 17.9 Å². The van der Waals surface area contributed by atoms with Gasteiger partial charge in [0.25, 0.3) is 5.91 Å². The Hall–Kier alpha value is -3.08. The standard InChI is InChI=1S/C22H23N3O2/c1-2-12-23-20(26)11-13-25-21(16-8-3-4-9-17(16)22(25)27)18-14-24-19-10-6-5-7-15(18)19/h3-10,14,21,24H,2,11-13H2,1H3,(H,23,26)/t21-/m1/s1. The fourth-order valence-corrected chi connectivity index (χ4v) is 3.83. The van der Waals surface area contributed by atoms with Crippen LogP contribution < -0.4 is 5.32 Å². The summed E-state index contributed by atoms with van der Waals surface area (Å²) in [6, 6.07) is 15.7. The maximum Gasteiger partial charge on any atom is 0.255 e. The Morgan fingerprint density at radius 1 is 1.11 bits per heavy atom. The summed E-state index contributed by atoms with van der Waals surface area (Å²) in [6.07, 6.45) is 3.19. The predicted octanol–water partition coefficient (Wildman–Crippen LogP) is 3.63. The van der Waals surface area contributed by atoms with E-state index in [1.807, 2.05) is 60.5 Å². The molecule has 2 amide bonds. The third-order valence-corrected chi connectivity index (χ3v) is 5.13. The fourth-order valence-electron chi connectivity index (χ4n) is 3.83. The van der Waals surface area contributed by atoms with Crippen molar-refractivity contribution in [3.8, 4) is 0 Å². The molecule has 0 saturated heterocycles. The molecule has 2 aromatic carbocycles. The quantitative estimate of drug-likeness (QED) is 0.704. The monoisotopic (exact) mass is 361 g/mol. The molecule has 0 bridgehead atoms. The molecule has 4 rings (SSSR count). The van der Waals surface area contributed by atoms with E-state index in [0.717, 1.165) is 34.0 Å². The van der Waals surface area contributed by atoms with E-state index in [2.05, 4.69) is 16.4 Å². The molecule has 0 spiro atoms. The highest BCUT2D eigenvalue weighted by Crippen LogP contribution is 2.40. The van der Waals surface area contributed by atoms with E-state index in [4.69, 9.17) is 0 Å². The summed E-state index contributed by atoms with van der Waals surface area (Å²) in [5, 5.41) is 3.99. The number of para-hydroxylation sites is 1. The second-order valence-electron chi connectivity index (χ2n) is 6.88. The number of aromatic nitrogens is 1. The van der Waals surface area contributed by atoms with Gasteiger partial charge < -0.3 is 15.2 Å². The number of nitrogens with one attached hydrogen (secondary N) is 2. The van der Waals surface area contributed by atoms with Crippen LogP contribution in [0.15, 0.2) is 54.7 Å². The van der Waals surface area contributed by atoms with Crippen molar-refractivity contribution in [2.75, 3.05) is 13.1 Å². The van der Waals surface area contributed by atoms with Gasteiger partial charge in [-0.1, -0.05) is 43.3 Å². The summed E-state index contributed by atoms with van der Waals surface area (Å²) in [5.41, 5.74) is 3.84. The van der Waals surface area contributed by atoms with Gasteiger partial charge in [0.15, 0.2) is 0 Å². The van der Waals surface area contributed by atoms with Gasteiger partial charge in [-0.3, -0.25) is 9.59 Å². The molecule has 1 aliphatic heterocycles. The molecule has 1 aliphatic rings. The summed E-state index contributed by atoms with van der Waals surface area (Å²) >= 11 is 0. The number of benzene rings is 2. The number of carbonyl (C=O) groups excluding carboxylic acids is 2. The second kappa shape index (κ2) is 7.27. The molecule has 1 aromatic heterocycles. The molecular formula is C22H23N3O2. The van der Waals surface area contributed by atoms with Crippen LogP contribution in [-0.2, 0) is 4.79 Å². The summed E-state index contributed by atoms with van der Waals surface area (Å²) < 4.78 is 0. The van der Waals surface area contributed by atoms with Crippen molar-refractivity contribution in [3.05, 3.63) is 71.4 Å². The van der Waals surface area contributed by atoms with Gasteiger partial charge in [-0.25, -0.2) is 0 Å². The maximum absolute atomic E-state index is 13.0. The van der Waals surface area contributed by atoms with Crippen LogP contribution in [0.5, 0.6) is 0 Å². The zero-order chi connectivity index (χ0) is 18.8. The average molecular weight is 361 g/mol. The Morgan fingerprint density at radius 3 is 2.74 bits per heavy atom. The molecule has 0 unspecified atom stereocenters. The van der Waals surface area contributed by atoms with E-state index < -0.39 is 0 Å². The van der Waals surface area contributed by atoms with E-state index >= 15 is 0 Å². The molecule has 0 radical (unpaired) electrons. The minimum absolute atomic E-state index is 0.0100. The smallest absolute Gasteiger partial charge is 0.255 e. The van der Waals surface area contributed by atoms with Gasteiger partial charge in [-0.2, -0.15) is 0 Å². The zero-order valence-corrected chi connectivity index (χ0v) is 15.4. The number of hydrogen-bond acceptors (Lipinski definition) is 2. The second-order valence-corrected chi connectivity index (χ2v) is 6.88. The fraction of sp³-hybridized carbons (Fsp3) is 0.273. The molecule has 0 saturated carbocycles. The number of aromatic amines is 1. The van der Waals surface area contributed by atoms with E-state index in [0.29, 0.717) is 19.5 Å². The molecule has 27 heavy (non-hydrogen) atoms. The predicted molar refractivity (Wildman–Crippen MR) is 106 cm³/mol. The number of carbonyl (C=O) groups is 2. The molecule has 2 N–H and O–H groups in total. The topological polar surface area (TPSA) is 65.2 Å².